The molecular weight excluding hydrogens is 467 g/mol. The number of esters is 2. The van der Waals surface area contributed by atoms with Gasteiger partial charge < -0.3 is 18.9 Å². The van der Waals surface area contributed by atoms with Crippen LogP contribution in [-0.2, 0) is 32.1 Å². The van der Waals surface area contributed by atoms with E-state index in [2.05, 4.69) is 4.74 Å². The zero-order valence-electron chi connectivity index (χ0n) is 17.9. The van der Waals surface area contributed by atoms with Crippen LogP contribution in [0.3, 0.4) is 0 Å². The molecule has 8 heteroatoms. The van der Waals surface area contributed by atoms with Crippen LogP contribution in [0.4, 0.5) is 0 Å². The molecule has 0 aliphatic carbocycles. The normalized spacial score (nSPS) is 10.4. The first kappa shape index (κ1) is 24.4. The third-order valence-corrected chi connectivity index (χ3v) is 5.06. The van der Waals surface area contributed by atoms with Crippen LogP contribution in [0.2, 0.25) is 10.0 Å². The molecule has 6 nitrogen and oxygen atoms in total. The van der Waals surface area contributed by atoms with Crippen molar-refractivity contribution in [2.24, 2.45) is 0 Å². The predicted octanol–water partition coefficient (Wildman–Crippen LogP) is 5.26. The first-order chi connectivity index (χ1) is 15.9. The molecule has 3 aromatic carbocycles. The number of halogens is 2. The fraction of sp³-hybridized carbons (Fsp3) is 0.200. The van der Waals surface area contributed by atoms with E-state index < -0.39 is 11.9 Å². The largest absolute Gasteiger partial charge is 0.482 e. The molecule has 3 aromatic rings. The van der Waals surface area contributed by atoms with Gasteiger partial charge >= 0.3 is 11.9 Å². The van der Waals surface area contributed by atoms with E-state index in [1.165, 1.54) is 7.11 Å². The molecular formula is C25H22Cl2O6. The number of carbonyl (C=O) groups is 2. The summed E-state index contributed by atoms with van der Waals surface area (Å²) in [5.74, 6) is -0.0609. The molecule has 0 atom stereocenters. The van der Waals surface area contributed by atoms with Crippen molar-refractivity contribution >= 4 is 35.1 Å². The maximum Gasteiger partial charge on any atom is 0.344 e. The zero-order chi connectivity index (χ0) is 23.6. The first-order valence-electron chi connectivity index (χ1n) is 10.0. The summed E-state index contributed by atoms with van der Waals surface area (Å²) in [6.45, 7) is -0.333. The van der Waals surface area contributed by atoms with Gasteiger partial charge in [0.05, 0.1) is 7.11 Å². The van der Waals surface area contributed by atoms with E-state index >= 15 is 0 Å². The number of methoxy groups -OCH3 is 1. The summed E-state index contributed by atoms with van der Waals surface area (Å²) >= 11 is 12.4. The van der Waals surface area contributed by atoms with Crippen molar-refractivity contribution in [2.45, 2.75) is 13.0 Å². The molecule has 33 heavy (non-hydrogen) atoms. The fourth-order valence-electron chi connectivity index (χ4n) is 2.97. The highest BCUT2D eigenvalue weighted by Gasteiger charge is 2.14. The number of hydrogen-bond acceptors (Lipinski definition) is 6. The summed E-state index contributed by atoms with van der Waals surface area (Å²) in [4.78, 5) is 23.6. The second-order valence-electron chi connectivity index (χ2n) is 6.98. The van der Waals surface area contributed by atoms with Crippen molar-refractivity contribution in [3.05, 3.63) is 93.5 Å². The van der Waals surface area contributed by atoms with Gasteiger partial charge in [0.2, 0.25) is 0 Å². The first-order valence-corrected chi connectivity index (χ1v) is 10.8. The molecule has 0 radical (unpaired) electrons. The van der Waals surface area contributed by atoms with Gasteiger partial charge in [0.1, 0.15) is 18.1 Å². The van der Waals surface area contributed by atoms with E-state index in [0.717, 1.165) is 5.56 Å². The lowest BCUT2D eigenvalue weighted by Gasteiger charge is -2.15. The van der Waals surface area contributed by atoms with Crippen molar-refractivity contribution in [3.8, 4) is 11.5 Å². The van der Waals surface area contributed by atoms with Crippen LogP contribution >= 0.6 is 23.2 Å². The smallest absolute Gasteiger partial charge is 0.344 e. The average Bonchev–Trinajstić information content (AvgIpc) is 2.82. The molecule has 0 aliphatic rings. The Kier molecular flexibility index (Phi) is 8.98. The highest BCUT2D eigenvalue weighted by atomic mass is 35.5. The monoisotopic (exact) mass is 488 g/mol. The molecule has 0 bridgehead atoms. The van der Waals surface area contributed by atoms with Crippen LogP contribution < -0.4 is 9.47 Å². The second kappa shape index (κ2) is 12.1. The number of benzene rings is 3. The lowest BCUT2D eigenvalue weighted by Crippen LogP contribution is -2.15. The summed E-state index contributed by atoms with van der Waals surface area (Å²) < 4.78 is 21.2. The second-order valence-corrected chi connectivity index (χ2v) is 7.85. The average molecular weight is 489 g/mol. The van der Waals surface area contributed by atoms with Gasteiger partial charge in [-0.1, -0.05) is 53.5 Å². The summed E-state index contributed by atoms with van der Waals surface area (Å²) in [5, 5.41) is 1.01. The van der Waals surface area contributed by atoms with Gasteiger partial charge in [0.15, 0.2) is 13.2 Å². The molecule has 0 unspecified atom stereocenters. The third kappa shape index (κ3) is 7.70. The molecule has 0 N–H and O–H groups in total. The predicted molar refractivity (Wildman–Crippen MR) is 125 cm³/mol. The Balaban J connectivity index is 1.69. The number of ether oxygens (including phenoxy) is 4. The van der Waals surface area contributed by atoms with Gasteiger partial charge in [-0.15, -0.1) is 0 Å². The molecule has 172 valence electrons. The molecule has 0 spiro atoms. The standard InChI is InChI=1S/C25H22Cl2O6/c1-30-24(28)15-31-22-9-7-20(26)12-18(22)11-19-13-21(27)8-10-23(19)32-16-25(29)33-14-17-5-3-2-4-6-17/h2-10,12-13H,11,14-16H2,1H3. The van der Waals surface area contributed by atoms with Crippen LogP contribution in [0, 0.1) is 0 Å². The van der Waals surface area contributed by atoms with Gasteiger partial charge in [-0.2, -0.15) is 0 Å². The Morgan fingerprint density at radius 2 is 1.30 bits per heavy atom. The van der Waals surface area contributed by atoms with Crippen molar-refractivity contribution in [2.75, 3.05) is 20.3 Å². The molecule has 3 rings (SSSR count). The number of rotatable bonds is 10. The third-order valence-electron chi connectivity index (χ3n) is 4.59. The lowest BCUT2D eigenvalue weighted by atomic mass is 10.0. The Hall–Kier alpha value is -3.22. The van der Waals surface area contributed by atoms with Crippen LogP contribution in [-0.4, -0.2) is 32.3 Å². The van der Waals surface area contributed by atoms with E-state index in [1.807, 2.05) is 30.3 Å². The summed E-state index contributed by atoms with van der Waals surface area (Å²) in [5.41, 5.74) is 2.31. The summed E-state index contributed by atoms with van der Waals surface area (Å²) in [7, 11) is 1.29. The maximum atomic E-state index is 12.1. The lowest BCUT2D eigenvalue weighted by molar-refractivity contribution is -0.147. The van der Waals surface area contributed by atoms with Crippen LogP contribution in [0.1, 0.15) is 16.7 Å². The maximum absolute atomic E-state index is 12.1. The van der Waals surface area contributed by atoms with Crippen LogP contribution in [0.15, 0.2) is 66.7 Å². The summed E-state index contributed by atoms with van der Waals surface area (Å²) in [6, 6.07) is 19.5. The van der Waals surface area contributed by atoms with E-state index in [-0.39, 0.29) is 19.8 Å². The van der Waals surface area contributed by atoms with E-state index in [0.29, 0.717) is 39.1 Å². The molecule has 0 fully saturated rings. The molecule has 0 saturated carbocycles. The topological polar surface area (TPSA) is 71.1 Å². The van der Waals surface area contributed by atoms with Crippen molar-refractivity contribution in [1.82, 2.24) is 0 Å². The Bertz CT molecular complexity index is 1100. The molecule has 0 heterocycles. The highest BCUT2D eigenvalue weighted by molar-refractivity contribution is 6.31. The van der Waals surface area contributed by atoms with Gasteiger partial charge in [0, 0.05) is 27.6 Å². The number of carbonyl (C=O) groups excluding carboxylic acids is 2. The van der Waals surface area contributed by atoms with Gasteiger partial charge in [-0.3, -0.25) is 0 Å². The minimum Gasteiger partial charge on any atom is -0.482 e. The SMILES string of the molecule is COC(=O)COc1ccc(Cl)cc1Cc1cc(Cl)ccc1OCC(=O)OCc1ccccc1. The summed E-state index contributed by atoms with van der Waals surface area (Å²) in [6.07, 6.45) is 0.339. The fourth-order valence-corrected chi connectivity index (χ4v) is 3.36. The van der Waals surface area contributed by atoms with Gasteiger partial charge in [0.25, 0.3) is 0 Å². The molecule has 0 aliphatic heterocycles. The highest BCUT2D eigenvalue weighted by Crippen LogP contribution is 2.31. The van der Waals surface area contributed by atoms with Crippen molar-refractivity contribution in [3.63, 3.8) is 0 Å². The van der Waals surface area contributed by atoms with Crippen LogP contribution in [0.25, 0.3) is 0 Å². The quantitative estimate of drug-likeness (QED) is 0.362. The Labute approximate surface area is 201 Å². The minimum atomic E-state index is -0.503. The van der Waals surface area contributed by atoms with E-state index in [9.17, 15) is 9.59 Å². The Morgan fingerprint density at radius 1 is 0.758 bits per heavy atom. The number of hydrogen-bond donors (Lipinski definition) is 0. The molecule has 0 aromatic heterocycles. The van der Waals surface area contributed by atoms with E-state index in [1.54, 1.807) is 36.4 Å². The van der Waals surface area contributed by atoms with Gasteiger partial charge in [-0.25, -0.2) is 9.59 Å². The van der Waals surface area contributed by atoms with Crippen LogP contribution in [0.5, 0.6) is 11.5 Å². The molecule has 0 amide bonds. The van der Waals surface area contributed by atoms with Crippen molar-refractivity contribution < 1.29 is 28.5 Å². The Morgan fingerprint density at radius 3 is 1.85 bits per heavy atom. The zero-order valence-corrected chi connectivity index (χ0v) is 19.4. The molecule has 0 saturated heterocycles. The minimum absolute atomic E-state index is 0.167. The van der Waals surface area contributed by atoms with Crippen molar-refractivity contribution in [1.29, 1.82) is 0 Å². The van der Waals surface area contributed by atoms with Gasteiger partial charge in [-0.05, 0) is 42.0 Å². The van der Waals surface area contributed by atoms with E-state index in [4.69, 9.17) is 37.4 Å².